The highest BCUT2D eigenvalue weighted by Gasteiger charge is 2.40. The van der Waals surface area contributed by atoms with Crippen molar-refractivity contribution in [2.45, 2.75) is 85.3 Å². The van der Waals surface area contributed by atoms with Gasteiger partial charge in [0.1, 0.15) is 0 Å². The molecule has 0 bridgehead atoms. The minimum absolute atomic E-state index is 0.0980. The van der Waals surface area contributed by atoms with Crippen LogP contribution in [0.15, 0.2) is 6.20 Å². The van der Waals surface area contributed by atoms with Crippen molar-refractivity contribution in [3.8, 4) is 0 Å². The van der Waals surface area contributed by atoms with Crippen LogP contribution in [0.2, 0.25) is 0 Å². The number of nitrogens with zero attached hydrogens (tertiary/aromatic N) is 3. The van der Waals surface area contributed by atoms with E-state index in [0.29, 0.717) is 0 Å². The Morgan fingerprint density at radius 1 is 1.00 bits per heavy atom. The molecule has 0 amide bonds. The lowest BCUT2D eigenvalue weighted by molar-refractivity contribution is 0.00766. The SMILES string of the molecule is CC(C)(C)CC(C)(C)n1cc(C(C)(C)C(C)(C)O)nn1. The molecule has 0 fully saturated rings. The summed E-state index contributed by atoms with van der Waals surface area (Å²) < 4.78 is 1.93. The summed E-state index contributed by atoms with van der Waals surface area (Å²) in [6, 6.07) is 0. The van der Waals surface area contributed by atoms with Crippen LogP contribution in [-0.4, -0.2) is 25.7 Å². The van der Waals surface area contributed by atoms with Crippen LogP contribution < -0.4 is 0 Å². The molecule has 1 N–H and O–H groups in total. The molecule has 0 spiro atoms. The summed E-state index contributed by atoms with van der Waals surface area (Å²) in [4.78, 5) is 0. The number of aliphatic hydroxyl groups is 1. The number of hydrogen-bond donors (Lipinski definition) is 1. The second-order valence-corrected chi connectivity index (χ2v) is 8.78. The Labute approximate surface area is 123 Å². The van der Waals surface area contributed by atoms with Gasteiger partial charge in [-0.05, 0) is 39.5 Å². The van der Waals surface area contributed by atoms with Gasteiger partial charge in [-0.3, -0.25) is 0 Å². The molecule has 0 unspecified atom stereocenters. The molecule has 4 heteroatoms. The van der Waals surface area contributed by atoms with E-state index < -0.39 is 11.0 Å². The average Bonchev–Trinajstić information content (AvgIpc) is 2.60. The van der Waals surface area contributed by atoms with E-state index in [1.807, 2.05) is 38.6 Å². The van der Waals surface area contributed by atoms with Crippen molar-refractivity contribution in [2.24, 2.45) is 5.41 Å². The highest BCUT2D eigenvalue weighted by Crippen LogP contribution is 2.35. The van der Waals surface area contributed by atoms with Gasteiger partial charge in [-0.2, -0.15) is 0 Å². The molecule has 1 aromatic rings. The summed E-state index contributed by atoms with van der Waals surface area (Å²) in [6.07, 6.45) is 2.98. The summed E-state index contributed by atoms with van der Waals surface area (Å²) in [7, 11) is 0. The Bertz CT molecular complexity index is 459. The van der Waals surface area contributed by atoms with E-state index in [4.69, 9.17) is 0 Å². The van der Waals surface area contributed by atoms with Crippen LogP contribution in [-0.2, 0) is 11.0 Å². The summed E-state index contributed by atoms with van der Waals surface area (Å²) in [5.41, 5.74) is -0.335. The summed E-state index contributed by atoms with van der Waals surface area (Å²) in [5.74, 6) is 0. The predicted octanol–water partition coefficient (Wildman–Crippen LogP) is 3.50. The third-order valence-electron chi connectivity index (χ3n) is 4.25. The minimum Gasteiger partial charge on any atom is -0.390 e. The molecule has 0 aliphatic heterocycles. The van der Waals surface area contributed by atoms with Crippen molar-refractivity contribution in [3.05, 3.63) is 11.9 Å². The van der Waals surface area contributed by atoms with E-state index in [9.17, 15) is 5.11 Å². The molecule has 0 aliphatic rings. The van der Waals surface area contributed by atoms with Crippen LogP contribution in [0.5, 0.6) is 0 Å². The fourth-order valence-corrected chi connectivity index (χ4v) is 2.54. The van der Waals surface area contributed by atoms with Gasteiger partial charge in [0, 0.05) is 11.6 Å². The van der Waals surface area contributed by atoms with Crippen molar-refractivity contribution in [3.63, 3.8) is 0 Å². The van der Waals surface area contributed by atoms with E-state index >= 15 is 0 Å². The number of hydrogen-bond acceptors (Lipinski definition) is 3. The van der Waals surface area contributed by atoms with Gasteiger partial charge in [-0.1, -0.05) is 39.8 Å². The second kappa shape index (κ2) is 4.83. The van der Waals surface area contributed by atoms with Gasteiger partial charge in [-0.25, -0.2) is 4.68 Å². The molecular weight excluding hydrogens is 250 g/mol. The van der Waals surface area contributed by atoms with Gasteiger partial charge >= 0.3 is 0 Å². The lowest BCUT2D eigenvalue weighted by Gasteiger charge is -2.35. The summed E-state index contributed by atoms with van der Waals surface area (Å²) in [6.45, 7) is 18.7. The van der Waals surface area contributed by atoms with E-state index in [1.54, 1.807) is 0 Å². The zero-order valence-electron chi connectivity index (χ0n) is 14.6. The van der Waals surface area contributed by atoms with Gasteiger partial charge in [0.2, 0.25) is 0 Å². The smallest absolute Gasteiger partial charge is 0.0911 e. The zero-order chi connectivity index (χ0) is 16.0. The Balaban J connectivity index is 3.10. The van der Waals surface area contributed by atoms with Crippen molar-refractivity contribution in [1.29, 1.82) is 0 Å². The largest absolute Gasteiger partial charge is 0.390 e. The van der Waals surface area contributed by atoms with Crippen molar-refractivity contribution >= 4 is 0 Å². The normalized spacial score (nSPS) is 14.7. The molecular formula is C16H31N3O. The predicted molar refractivity (Wildman–Crippen MR) is 82.7 cm³/mol. The molecule has 4 nitrogen and oxygen atoms in total. The molecule has 0 atom stereocenters. The fraction of sp³-hybridized carbons (Fsp3) is 0.875. The first-order valence-corrected chi connectivity index (χ1v) is 7.32. The first kappa shape index (κ1) is 17.2. The lowest BCUT2D eigenvalue weighted by atomic mass is 9.75. The molecule has 0 aromatic carbocycles. The fourth-order valence-electron chi connectivity index (χ4n) is 2.54. The molecule has 1 aromatic heterocycles. The van der Waals surface area contributed by atoms with Gasteiger partial charge in [0.15, 0.2) is 0 Å². The lowest BCUT2D eigenvalue weighted by Crippen LogP contribution is -2.42. The van der Waals surface area contributed by atoms with E-state index in [-0.39, 0.29) is 11.0 Å². The Hall–Kier alpha value is -0.900. The van der Waals surface area contributed by atoms with Gasteiger partial charge in [0.25, 0.3) is 0 Å². The molecule has 1 rings (SSSR count). The standard InChI is InChI=1S/C16H31N3O/c1-13(2,3)11-14(4,5)19-10-12(17-18-19)15(6,7)16(8,9)20/h10,20H,11H2,1-9H3. The Morgan fingerprint density at radius 3 is 1.90 bits per heavy atom. The van der Waals surface area contributed by atoms with Crippen molar-refractivity contribution in [2.75, 3.05) is 0 Å². The maximum Gasteiger partial charge on any atom is 0.0911 e. The van der Waals surface area contributed by atoms with Crippen LogP contribution in [0.25, 0.3) is 0 Å². The second-order valence-electron chi connectivity index (χ2n) is 8.78. The molecule has 0 saturated heterocycles. The molecule has 1 heterocycles. The molecule has 0 aliphatic carbocycles. The Morgan fingerprint density at radius 2 is 1.50 bits per heavy atom. The van der Waals surface area contributed by atoms with E-state index in [0.717, 1.165) is 12.1 Å². The maximum absolute atomic E-state index is 10.3. The molecule has 0 saturated carbocycles. The first-order chi connectivity index (χ1) is 8.67. The minimum atomic E-state index is -0.845. The molecule has 0 radical (unpaired) electrons. The molecule has 20 heavy (non-hydrogen) atoms. The van der Waals surface area contributed by atoms with Gasteiger partial charge in [-0.15, -0.1) is 5.10 Å². The molecule has 116 valence electrons. The average molecular weight is 281 g/mol. The van der Waals surface area contributed by atoms with Crippen LogP contribution in [0, 0.1) is 5.41 Å². The quantitative estimate of drug-likeness (QED) is 0.919. The highest BCUT2D eigenvalue weighted by molar-refractivity contribution is 5.15. The van der Waals surface area contributed by atoms with Gasteiger partial charge in [0.05, 0.1) is 16.8 Å². The Kier molecular flexibility index (Phi) is 4.14. The highest BCUT2D eigenvalue weighted by atomic mass is 16.3. The summed E-state index contributed by atoms with van der Waals surface area (Å²) >= 11 is 0. The first-order valence-electron chi connectivity index (χ1n) is 7.32. The maximum atomic E-state index is 10.3. The van der Waals surface area contributed by atoms with E-state index in [1.165, 1.54) is 0 Å². The van der Waals surface area contributed by atoms with Crippen LogP contribution in [0.1, 0.15) is 74.4 Å². The number of aromatic nitrogens is 3. The third kappa shape index (κ3) is 3.60. The van der Waals surface area contributed by atoms with Crippen LogP contribution in [0.4, 0.5) is 0 Å². The van der Waals surface area contributed by atoms with Crippen molar-refractivity contribution in [1.82, 2.24) is 15.0 Å². The monoisotopic (exact) mass is 281 g/mol. The topological polar surface area (TPSA) is 50.9 Å². The number of rotatable bonds is 4. The van der Waals surface area contributed by atoms with Crippen LogP contribution >= 0.6 is 0 Å². The summed E-state index contributed by atoms with van der Waals surface area (Å²) in [5, 5.41) is 18.9. The van der Waals surface area contributed by atoms with Gasteiger partial charge < -0.3 is 5.11 Å². The van der Waals surface area contributed by atoms with E-state index in [2.05, 4.69) is 44.9 Å². The zero-order valence-corrected chi connectivity index (χ0v) is 14.6. The van der Waals surface area contributed by atoms with Crippen LogP contribution in [0.3, 0.4) is 0 Å². The third-order valence-corrected chi connectivity index (χ3v) is 4.25. The van der Waals surface area contributed by atoms with Crippen molar-refractivity contribution < 1.29 is 5.11 Å².